The Labute approximate surface area is 109 Å². The average Bonchev–Trinajstić information content (AvgIpc) is 2.42. The number of rotatable bonds is 5. The van der Waals surface area contributed by atoms with Crippen molar-refractivity contribution in [2.24, 2.45) is 16.6 Å². The molecule has 0 atom stereocenters. The minimum absolute atomic E-state index is 0.0787. The number of carbonyl (C=O) groups excluding carboxylic acids is 2. The van der Waals surface area contributed by atoms with Gasteiger partial charge in [0, 0.05) is 24.2 Å². The number of amides is 3. The number of urea groups is 1. The third-order valence-electron chi connectivity index (χ3n) is 2.24. The van der Waals surface area contributed by atoms with Crippen molar-refractivity contribution in [2.75, 3.05) is 13.1 Å². The number of benzene rings is 1. The summed E-state index contributed by atoms with van der Waals surface area (Å²) in [6, 6.07) is 5.66. The first-order valence-corrected chi connectivity index (χ1v) is 5.44. The topological polar surface area (TPSA) is 143 Å². The molecule has 102 valence electrons. The van der Waals surface area contributed by atoms with Crippen molar-refractivity contribution < 1.29 is 14.8 Å². The van der Waals surface area contributed by atoms with Crippen LogP contribution in [0.25, 0.3) is 0 Å². The van der Waals surface area contributed by atoms with Gasteiger partial charge in [0.05, 0.1) is 0 Å². The van der Waals surface area contributed by atoms with Gasteiger partial charge in [0.1, 0.15) is 0 Å². The van der Waals surface area contributed by atoms with Crippen molar-refractivity contribution >= 4 is 17.8 Å². The number of nitrogens with zero attached hydrogens (tertiary/aromatic N) is 1. The molecule has 3 amide bonds. The molecule has 1 rings (SSSR count). The molecule has 8 nitrogen and oxygen atoms in total. The molecule has 0 saturated heterocycles. The van der Waals surface area contributed by atoms with E-state index >= 15 is 0 Å². The van der Waals surface area contributed by atoms with Crippen LogP contribution in [0.2, 0.25) is 0 Å². The Kier molecular flexibility index (Phi) is 5.15. The number of nitrogens with two attached hydrogens (primary N) is 2. The molecule has 0 spiro atoms. The molecule has 1 aromatic rings. The average molecular weight is 265 g/mol. The van der Waals surface area contributed by atoms with E-state index in [1.165, 1.54) is 6.07 Å². The van der Waals surface area contributed by atoms with Crippen molar-refractivity contribution in [3.8, 4) is 0 Å². The maximum atomic E-state index is 11.8. The molecule has 0 saturated carbocycles. The summed E-state index contributed by atoms with van der Waals surface area (Å²) in [6.07, 6.45) is 0. The third-order valence-corrected chi connectivity index (χ3v) is 2.24. The monoisotopic (exact) mass is 265 g/mol. The van der Waals surface area contributed by atoms with Crippen LogP contribution in [0.15, 0.2) is 29.4 Å². The normalized spacial score (nSPS) is 10.8. The molecular formula is C11H15N5O3. The highest BCUT2D eigenvalue weighted by Gasteiger charge is 2.07. The van der Waals surface area contributed by atoms with E-state index in [0.717, 1.165) is 0 Å². The Hall–Kier alpha value is -2.77. The number of carbonyl (C=O) groups is 2. The molecule has 0 aliphatic carbocycles. The van der Waals surface area contributed by atoms with Gasteiger partial charge in [-0.25, -0.2) is 4.79 Å². The molecule has 0 fully saturated rings. The van der Waals surface area contributed by atoms with Gasteiger partial charge in [0.25, 0.3) is 5.91 Å². The second-order valence-electron chi connectivity index (χ2n) is 3.61. The first kappa shape index (κ1) is 14.3. The molecular weight excluding hydrogens is 250 g/mol. The lowest BCUT2D eigenvalue weighted by Gasteiger charge is -2.06. The lowest BCUT2D eigenvalue weighted by Crippen LogP contribution is -2.37. The van der Waals surface area contributed by atoms with Crippen LogP contribution in [-0.2, 0) is 0 Å². The van der Waals surface area contributed by atoms with Gasteiger partial charge in [-0.2, -0.15) is 0 Å². The summed E-state index contributed by atoms with van der Waals surface area (Å²) in [5.74, 6) is -0.413. The van der Waals surface area contributed by atoms with E-state index in [9.17, 15) is 9.59 Å². The highest BCUT2D eigenvalue weighted by atomic mass is 16.4. The van der Waals surface area contributed by atoms with E-state index in [4.69, 9.17) is 16.7 Å². The number of hydrogen-bond donors (Lipinski definition) is 5. The Morgan fingerprint density at radius 3 is 2.42 bits per heavy atom. The molecule has 19 heavy (non-hydrogen) atoms. The van der Waals surface area contributed by atoms with Crippen LogP contribution in [-0.4, -0.2) is 36.1 Å². The zero-order valence-electron chi connectivity index (χ0n) is 10.1. The number of primary amides is 1. The van der Waals surface area contributed by atoms with Crippen molar-refractivity contribution in [3.05, 3.63) is 35.4 Å². The third kappa shape index (κ3) is 4.54. The summed E-state index contributed by atoms with van der Waals surface area (Å²) in [5.41, 5.74) is 11.1. The van der Waals surface area contributed by atoms with Gasteiger partial charge < -0.3 is 27.3 Å². The van der Waals surface area contributed by atoms with Gasteiger partial charge in [-0.1, -0.05) is 17.3 Å². The Balaban J connectivity index is 2.60. The number of nitrogens with one attached hydrogen (secondary N) is 2. The Bertz CT molecular complexity index is 501. The predicted molar refractivity (Wildman–Crippen MR) is 68.9 cm³/mol. The maximum Gasteiger partial charge on any atom is 0.312 e. The smallest absolute Gasteiger partial charge is 0.312 e. The van der Waals surface area contributed by atoms with Gasteiger partial charge >= 0.3 is 6.03 Å². The Morgan fingerprint density at radius 2 is 1.79 bits per heavy atom. The van der Waals surface area contributed by atoms with E-state index in [2.05, 4.69) is 15.8 Å². The van der Waals surface area contributed by atoms with Crippen molar-refractivity contribution in [2.45, 2.75) is 0 Å². The van der Waals surface area contributed by atoms with Crippen molar-refractivity contribution in [3.63, 3.8) is 0 Å². The van der Waals surface area contributed by atoms with Crippen LogP contribution in [0.4, 0.5) is 4.79 Å². The first-order chi connectivity index (χ1) is 9.04. The van der Waals surface area contributed by atoms with E-state index in [1.807, 2.05) is 0 Å². The zero-order chi connectivity index (χ0) is 14.3. The number of amidine groups is 1. The van der Waals surface area contributed by atoms with Crippen LogP contribution in [0.3, 0.4) is 0 Å². The van der Waals surface area contributed by atoms with Crippen molar-refractivity contribution in [1.29, 1.82) is 0 Å². The summed E-state index contributed by atoms with van der Waals surface area (Å²) in [4.78, 5) is 22.2. The van der Waals surface area contributed by atoms with E-state index < -0.39 is 6.03 Å². The van der Waals surface area contributed by atoms with Gasteiger partial charge in [-0.15, -0.1) is 0 Å². The van der Waals surface area contributed by atoms with Gasteiger partial charge in [0.15, 0.2) is 5.84 Å². The molecule has 0 aliphatic heterocycles. The fraction of sp³-hybridized carbons (Fsp3) is 0.182. The minimum Gasteiger partial charge on any atom is -0.409 e. The highest BCUT2D eigenvalue weighted by molar-refractivity contribution is 6.01. The molecule has 1 aromatic carbocycles. The van der Waals surface area contributed by atoms with Gasteiger partial charge in [-0.3, -0.25) is 4.79 Å². The van der Waals surface area contributed by atoms with Crippen LogP contribution in [0.5, 0.6) is 0 Å². The maximum absolute atomic E-state index is 11.8. The summed E-state index contributed by atoms with van der Waals surface area (Å²) in [5, 5.41) is 16.3. The van der Waals surface area contributed by atoms with E-state index in [1.54, 1.807) is 18.2 Å². The molecule has 0 radical (unpaired) electrons. The van der Waals surface area contributed by atoms with Crippen LogP contribution in [0.1, 0.15) is 15.9 Å². The number of hydrogen-bond acceptors (Lipinski definition) is 4. The zero-order valence-corrected chi connectivity index (χ0v) is 10.1. The van der Waals surface area contributed by atoms with Crippen LogP contribution < -0.4 is 22.1 Å². The predicted octanol–water partition coefficient (Wildman–Crippen LogP) is -0.821. The summed E-state index contributed by atoms with van der Waals surface area (Å²) >= 11 is 0. The second kappa shape index (κ2) is 6.84. The molecule has 7 N–H and O–H groups in total. The van der Waals surface area contributed by atoms with Crippen LogP contribution >= 0.6 is 0 Å². The van der Waals surface area contributed by atoms with Gasteiger partial charge in [0.2, 0.25) is 0 Å². The fourth-order valence-electron chi connectivity index (χ4n) is 1.34. The largest absolute Gasteiger partial charge is 0.409 e. The molecule has 0 aromatic heterocycles. The highest BCUT2D eigenvalue weighted by Crippen LogP contribution is 2.04. The van der Waals surface area contributed by atoms with E-state index in [0.29, 0.717) is 11.1 Å². The summed E-state index contributed by atoms with van der Waals surface area (Å²) in [7, 11) is 0. The quantitative estimate of drug-likeness (QED) is 0.156. The van der Waals surface area contributed by atoms with Crippen molar-refractivity contribution in [1.82, 2.24) is 10.6 Å². The van der Waals surface area contributed by atoms with Crippen LogP contribution in [0, 0.1) is 0 Å². The minimum atomic E-state index is -0.650. The summed E-state index contributed by atoms with van der Waals surface area (Å²) < 4.78 is 0. The van der Waals surface area contributed by atoms with E-state index in [-0.39, 0.29) is 24.8 Å². The molecule has 8 heteroatoms. The first-order valence-electron chi connectivity index (χ1n) is 5.44. The lowest BCUT2D eigenvalue weighted by atomic mass is 10.1. The standard InChI is InChI=1S/C11H15N5O3/c12-9(16-19)7-2-1-3-8(6-7)10(17)14-4-5-15-11(13)18/h1-3,6,19H,4-5H2,(H2,12,16)(H,14,17)(H3,13,15,18). The second-order valence-corrected chi connectivity index (χ2v) is 3.61. The van der Waals surface area contributed by atoms with Gasteiger partial charge in [-0.05, 0) is 12.1 Å². The molecule has 0 aliphatic rings. The SMILES string of the molecule is NC(=O)NCCNC(=O)c1cccc(/C(N)=N/O)c1. The fourth-order valence-corrected chi connectivity index (χ4v) is 1.34. The summed E-state index contributed by atoms with van der Waals surface area (Å²) in [6.45, 7) is 0.483. The lowest BCUT2D eigenvalue weighted by molar-refractivity contribution is 0.0954. The Morgan fingerprint density at radius 1 is 1.16 bits per heavy atom. The molecule has 0 bridgehead atoms. The molecule has 0 heterocycles. The number of oxime groups is 1. The molecule has 0 unspecified atom stereocenters.